The molecule has 0 unspecified atom stereocenters. The van der Waals surface area contributed by atoms with Crippen LogP contribution in [-0.4, -0.2) is 15.0 Å². The fourth-order valence-corrected chi connectivity index (χ4v) is 3.19. The first kappa shape index (κ1) is 18.1. The van der Waals surface area contributed by atoms with Crippen molar-refractivity contribution >= 4 is 10.1 Å². The molecule has 0 aliphatic heterocycles. The Kier molecular flexibility index (Phi) is 7.93. The molecule has 0 spiro atoms. The van der Waals surface area contributed by atoms with Crippen molar-refractivity contribution < 1.29 is 12.7 Å². The van der Waals surface area contributed by atoms with Crippen LogP contribution in [0.2, 0.25) is 0 Å². The normalized spacial score (nSPS) is 12.0. The molecule has 0 aliphatic carbocycles. The van der Waals surface area contributed by atoms with Crippen molar-refractivity contribution in [3.8, 4) is 0 Å². The van der Waals surface area contributed by atoms with Crippen LogP contribution in [0.4, 0.5) is 0 Å². The second-order valence-electron chi connectivity index (χ2n) is 5.48. The lowest BCUT2D eigenvalue weighted by atomic mass is 9.95. The molecule has 0 bridgehead atoms. The maximum Gasteiger partial charge on any atom is 0.312 e. The molecular weight excluding hydrogens is 286 g/mol. The molecule has 0 amide bonds. The lowest BCUT2D eigenvalue weighted by Gasteiger charge is -2.15. The molecule has 21 heavy (non-hydrogen) atoms. The van der Waals surface area contributed by atoms with Crippen molar-refractivity contribution in [2.24, 2.45) is 5.92 Å². The van der Waals surface area contributed by atoms with Crippen LogP contribution in [0.25, 0.3) is 0 Å². The van der Waals surface area contributed by atoms with Gasteiger partial charge in [-0.1, -0.05) is 57.2 Å². The van der Waals surface area contributed by atoms with Gasteiger partial charge in [0.1, 0.15) is 0 Å². The molecule has 1 aromatic rings. The van der Waals surface area contributed by atoms with Crippen LogP contribution >= 0.6 is 0 Å². The standard InChI is InChI=1S/C16H27NO3S/c1-4-6-15(7-5-2)12-13-17-20-21(18,19)16-10-8-14(3)9-11-16/h8-11,15,17H,4-7,12-13H2,1-3H3. The van der Waals surface area contributed by atoms with Gasteiger partial charge in [0.2, 0.25) is 0 Å². The first-order valence-corrected chi connectivity index (χ1v) is 9.13. The molecule has 0 heterocycles. The second-order valence-corrected chi connectivity index (χ2v) is 7.02. The Hall–Kier alpha value is -0.910. The maximum atomic E-state index is 12.0. The van der Waals surface area contributed by atoms with E-state index in [9.17, 15) is 8.42 Å². The van der Waals surface area contributed by atoms with Crippen LogP contribution in [0, 0.1) is 12.8 Å². The zero-order valence-corrected chi connectivity index (χ0v) is 14.1. The van der Waals surface area contributed by atoms with Gasteiger partial charge in [0.15, 0.2) is 0 Å². The zero-order valence-electron chi connectivity index (χ0n) is 13.3. The monoisotopic (exact) mass is 313 g/mol. The minimum absolute atomic E-state index is 0.180. The van der Waals surface area contributed by atoms with Crippen molar-refractivity contribution in [3.63, 3.8) is 0 Å². The molecule has 0 atom stereocenters. The first-order chi connectivity index (χ1) is 9.99. The topological polar surface area (TPSA) is 55.4 Å². The summed E-state index contributed by atoms with van der Waals surface area (Å²) in [5.41, 5.74) is 3.62. The molecular formula is C16H27NO3S. The van der Waals surface area contributed by atoms with Gasteiger partial charge in [-0.15, -0.1) is 0 Å². The lowest BCUT2D eigenvalue weighted by Crippen LogP contribution is -2.23. The summed E-state index contributed by atoms with van der Waals surface area (Å²) < 4.78 is 28.8. The summed E-state index contributed by atoms with van der Waals surface area (Å²) in [7, 11) is -3.71. The minimum Gasteiger partial charge on any atom is -0.192 e. The lowest BCUT2D eigenvalue weighted by molar-refractivity contribution is 0.192. The Bertz CT molecular complexity index is 491. The van der Waals surface area contributed by atoms with Gasteiger partial charge in [0.05, 0.1) is 4.90 Å². The molecule has 0 aromatic heterocycles. The van der Waals surface area contributed by atoms with E-state index in [1.165, 1.54) is 12.8 Å². The maximum absolute atomic E-state index is 12.0. The van der Waals surface area contributed by atoms with E-state index in [0.29, 0.717) is 12.5 Å². The van der Waals surface area contributed by atoms with Crippen LogP contribution in [0.3, 0.4) is 0 Å². The summed E-state index contributed by atoms with van der Waals surface area (Å²) >= 11 is 0. The molecule has 0 aliphatic rings. The number of rotatable bonds is 10. The highest BCUT2D eigenvalue weighted by molar-refractivity contribution is 7.86. The Labute approximate surface area is 129 Å². The van der Waals surface area contributed by atoms with Gasteiger partial charge in [-0.2, -0.15) is 18.2 Å². The SMILES string of the molecule is CCCC(CCC)CCNOS(=O)(=O)c1ccc(C)cc1. The Morgan fingerprint density at radius 1 is 1.05 bits per heavy atom. The molecule has 120 valence electrons. The van der Waals surface area contributed by atoms with E-state index in [1.54, 1.807) is 24.3 Å². The molecule has 0 saturated heterocycles. The summed E-state index contributed by atoms with van der Waals surface area (Å²) in [6, 6.07) is 6.64. The van der Waals surface area contributed by atoms with Crippen molar-refractivity contribution in [2.45, 2.75) is 57.8 Å². The average Bonchev–Trinajstić information content (AvgIpc) is 2.44. The van der Waals surface area contributed by atoms with Crippen molar-refractivity contribution in [2.75, 3.05) is 6.54 Å². The van der Waals surface area contributed by atoms with Crippen LogP contribution in [0.15, 0.2) is 29.2 Å². The van der Waals surface area contributed by atoms with E-state index >= 15 is 0 Å². The zero-order chi connectivity index (χ0) is 15.7. The third kappa shape index (κ3) is 6.59. The molecule has 5 heteroatoms. The second kappa shape index (κ2) is 9.18. The van der Waals surface area contributed by atoms with Gasteiger partial charge in [-0.25, -0.2) is 0 Å². The number of benzene rings is 1. The highest BCUT2D eigenvalue weighted by atomic mass is 32.2. The fourth-order valence-electron chi connectivity index (χ4n) is 2.38. The fraction of sp³-hybridized carbons (Fsp3) is 0.625. The number of hydrogen-bond acceptors (Lipinski definition) is 4. The molecule has 1 rings (SSSR count). The van der Waals surface area contributed by atoms with Crippen LogP contribution in [0.1, 0.15) is 51.5 Å². The Balaban J connectivity index is 2.41. The predicted octanol–water partition coefficient (Wildman–Crippen LogP) is 3.81. The average molecular weight is 313 g/mol. The largest absolute Gasteiger partial charge is 0.312 e. The van der Waals surface area contributed by atoms with E-state index in [0.717, 1.165) is 24.8 Å². The molecule has 4 nitrogen and oxygen atoms in total. The highest BCUT2D eigenvalue weighted by Crippen LogP contribution is 2.17. The molecule has 0 fully saturated rings. The van der Waals surface area contributed by atoms with Crippen molar-refractivity contribution in [1.82, 2.24) is 5.48 Å². The van der Waals surface area contributed by atoms with Crippen molar-refractivity contribution in [3.05, 3.63) is 29.8 Å². The summed E-state index contributed by atoms with van der Waals surface area (Å²) in [6.45, 7) is 6.82. The van der Waals surface area contributed by atoms with Gasteiger partial charge < -0.3 is 0 Å². The summed E-state index contributed by atoms with van der Waals surface area (Å²) in [5, 5.41) is 0. The van der Waals surface area contributed by atoms with Crippen LogP contribution in [-0.2, 0) is 14.4 Å². The van der Waals surface area contributed by atoms with Gasteiger partial charge in [-0.3, -0.25) is 0 Å². The summed E-state index contributed by atoms with van der Waals surface area (Å²) in [6.07, 6.45) is 5.62. The molecule has 0 radical (unpaired) electrons. The number of hydrogen-bond donors (Lipinski definition) is 1. The van der Waals surface area contributed by atoms with Gasteiger partial charge in [0.25, 0.3) is 0 Å². The third-order valence-corrected chi connectivity index (χ3v) is 4.71. The van der Waals surface area contributed by atoms with Gasteiger partial charge >= 0.3 is 10.1 Å². The van der Waals surface area contributed by atoms with E-state index in [1.807, 2.05) is 6.92 Å². The summed E-state index contributed by atoms with van der Waals surface area (Å²) in [5.74, 6) is 0.637. The number of nitrogens with one attached hydrogen (secondary N) is 1. The number of hydroxylamine groups is 1. The summed E-state index contributed by atoms with van der Waals surface area (Å²) in [4.78, 5) is 0.180. The predicted molar refractivity (Wildman–Crippen MR) is 85.4 cm³/mol. The van der Waals surface area contributed by atoms with Crippen LogP contribution < -0.4 is 5.48 Å². The quantitative estimate of drug-likeness (QED) is 0.527. The number of aryl methyl sites for hydroxylation is 1. The smallest absolute Gasteiger partial charge is 0.192 e. The van der Waals surface area contributed by atoms with E-state index in [4.69, 9.17) is 4.28 Å². The van der Waals surface area contributed by atoms with E-state index in [-0.39, 0.29) is 4.90 Å². The Morgan fingerprint density at radius 2 is 1.62 bits per heavy atom. The third-order valence-electron chi connectivity index (χ3n) is 3.53. The van der Waals surface area contributed by atoms with Crippen LogP contribution in [0.5, 0.6) is 0 Å². The minimum atomic E-state index is -3.71. The molecule has 1 N–H and O–H groups in total. The molecule has 0 saturated carbocycles. The first-order valence-electron chi connectivity index (χ1n) is 7.72. The molecule has 1 aromatic carbocycles. The van der Waals surface area contributed by atoms with Crippen molar-refractivity contribution in [1.29, 1.82) is 0 Å². The van der Waals surface area contributed by atoms with Gasteiger partial charge in [-0.05, 0) is 31.4 Å². The Morgan fingerprint density at radius 3 is 2.14 bits per heavy atom. The highest BCUT2D eigenvalue weighted by Gasteiger charge is 2.15. The van der Waals surface area contributed by atoms with E-state index < -0.39 is 10.1 Å². The van der Waals surface area contributed by atoms with Gasteiger partial charge in [0, 0.05) is 6.54 Å². The van der Waals surface area contributed by atoms with E-state index in [2.05, 4.69) is 19.3 Å².